The first-order chi connectivity index (χ1) is 18.5. The molecule has 2 N–H and O–H groups in total. The summed E-state index contributed by atoms with van der Waals surface area (Å²) in [6.07, 6.45) is 6.95. The van der Waals surface area contributed by atoms with Gasteiger partial charge in [-0.25, -0.2) is 9.18 Å². The number of ether oxygens (including phenoxy) is 1. The minimum atomic E-state index is -0.469. The van der Waals surface area contributed by atoms with Gasteiger partial charge in [0.05, 0.1) is 11.6 Å². The van der Waals surface area contributed by atoms with Crippen molar-refractivity contribution in [3.05, 3.63) is 29.6 Å². The third-order valence-electron chi connectivity index (χ3n) is 9.08. The molecule has 3 saturated heterocycles. The standard InChI is InChI=1S/C30H43FN4O4/c1-29(2,3)39-28(38)32-22-17-30(18-22)10-14-34(15-11-30)19-20-8-12-35(13-9-20)25-6-4-21(16-24(25)31)23-5-7-26(36)33-27(23)37/h4,6,16,20,22-23H,5,7-15,17-19H2,1-3H3,(H,32,38)(H,33,36,37). The number of alkyl carbamates (subject to hydrolysis) is 1. The van der Waals surface area contributed by atoms with E-state index in [1.165, 1.54) is 18.9 Å². The predicted molar refractivity (Wildman–Crippen MR) is 147 cm³/mol. The van der Waals surface area contributed by atoms with Gasteiger partial charge >= 0.3 is 6.09 Å². The number of likely N-dealkylation sites (tertiary alicyclic amines) is 1. The van der Waals surface area contributed by atoms with Crippen LogP contribution in [-0.2, 0) is 14.3 Å². The molecule has 3 aliphatic heterocycles. The average Bonchev–Trinajstić information content (AvgIpc) is 2.84. The Balaban J connectivity index is 1.03. The van der Waals surface area contributed by atoms with Crippen LogP contribution in [-0.4, -0.2) is 67.2 Å². The molecule has 214 valence electrons. The second-order valence-corrected chi connectivity index (χ2v) is 13.2. The summed E-state index contributed by atoms with van der Waals surface area (Å²) < 4.78 is 20.5. The molecular weight excluding hydrogens is 499 g/mol. The summed E-state index contributed by atoms with van der Waals surface area (Å²) >= 11 is 0. The number of nitrogens with one attached hydrogen (secondary N) is 2. The van der Waals surface area contributed by atoms with Crippen molar-refractivity contribution in [1.29, 1.82) is 0 Å². The zero-order valence-corrected chi connectivity index (χ0v) is 23.6. The van der Waals surface area contributed by atoms with Crippen LogP contribution in [0.25, 0.3) is 0 Å². The Morgan fingerprint density at radius 1 is 1.10 bits per heavy atom. The third kappa shape index (κ3) is 6.73. The van der Waals surface area contributed by atoms with Crippen LogP contribution in [0, 0.1) is 17.2 Å². The summed E-state index contributed by atoms with van der Waals surface area (Å²) in [5.41, 5.74) is 1.14. The second kappa shape index (κ2) is 11.1. The fraction of sp³-hybridized carbons (Fsp3) is 0.700. The van der Waals surface area contributed by atoms with E-state index >= 15 is 4.39 Å². The van der Waals surface area contributed by atoms with Crippen LogP contribution in [0.1, 0.15) is 83.6 Å². The van der Waals surface area contributed by atoms with Gasteiger partial charge in [0.2, 0.25) is 11.8 Å². The molecule has 1 aliphatic carbocycles. The Bertz CT molecular complexity index is 1080. The van der Waals surface area contributed by atoms with Crippen LogP contribution < -0.4 is 15.5 Å². The molecule has 3 heterocycles. The van der Waals surface area contributed by atoms with Gasteiger partial charge in [-0.1, -0.05) is 6.07 Å². The summed E-state index contributed by atoms with van der Waals surface area (Å²) in [7, 11) is 0. The lowest BCUT2D eigenvalue weighted by Gasteiger charge is -2.52. The van der Waals surface area contributed by atoms with Crippen molar-refractivity contribution in [3.63, 3.8) is 0 Å². The number of imide groups is 1. The molecule has 1 aromatic carbocycles. The summed E-state index contributed by atoms with van der Waals surface area (Å²) in [4.78, 5) is 40.4. The van der Waals surface area contributed by atoms with Gasteiger partial charge in [0.1, 0.15) is 11.4 Å². The fourth-order valence-corrected chi connectivity index (χ4v) is 6.91. The summed E-state index contributed by atoms with van der Waals surface area (Å²) in [6.45, 7) is 10.6. The molecule has 4 fully saturated rings. The molecule has 5 rings (SSSR count). The quantitative estimate of drug-likeness (QED) is 0.539. The minimum Gasteiger partial charge on any atom is -0.444 e. The molecule has 1 atom stereocenters. The van der Waals surface area contributed by atoms with Crippen LogP contribution in [0.3, 0.4) is 0 Å². The number of benzene rings is 1. The maximum atomic E-state index is 15.1. The molecule has 0 bridgehead atoms. The average molecular weight is 543 g/mol. The molecule has 1 spiro atoms. The molecule has 1 unspecified atom stereocenters. The highest BCUT2D eigenvalue weighted by Crippen LogP contribution is 2.49. The number of carbonyl (C=O) groups is 3. The maximum absolute atomic E-state index is 15.1. The monoisotopic (exact) mass is 542 g/mol. The molecule has 9 heteroatoms. The van der Waals surface area contributed by atoms with Gasteiger partial charge < -0.3 is 19.9 Å². The first-order valence-electron chi connectivity index (χ1n) is 14.6. The van der Waals surface area contributed by atoms with E-state index < -0.39 is 11.5 Å². The van der Waals surface area contributed by atoms with Crippen molar-refractivity contribution in [2.75, 3.05) is 37.6 Å². The lowest BCUT2D eigenvalue weighted by Crippen LogP contribution is -2.55. The zero-order valence-electron chi connectivity index (χ0n) is 23.6. The van der Waals surface area contributed by atoms with Crippen molar-refractivity contribution >= 4 is 23.6 Å². The number of halogens is 1. The molecule has 1 aromatic rings. The number of carbonyl (C=O) groups excluding carboxylic acids is 3. The normalized spacial score (nSPS) is 24.8. The maximum Gasteiger partial charge on any atom is 0.407 e. The van der Waals surface area contributed by atoms with Gasteiger partial charge in [-0.2, -0.15) is 0 Å². The number of piperidine rings is 3. The Labute approximate surface area is 231 Å². The fourth-order valence-electron chi connectivity index (χ4n) is 6.91. The number of anilines is 1. The second-order valence-electron chi connectivity index (χ2n) is 13.2. The van der Waals surface area contributed by atoms with Crippen LogP contribution in [0.15, 0.2) is 18.2 Å². The number of rotatable bonds is 5. The molecule has 3 amide bonds. The smallest absolute Gasteiger partial charge is 0.407 e. The zero-order chi connectivity index (χ0) is 27.8. The van der Waals surface area contributed by atoms with Crippen molar-refractivity contribution in [3.8, 4) is 0 Å². The van der Waals surface area contributed by atoms with Gasteiger partial charge in [-0.15, -0.1) is 0 Å². The summed E-state index contributed by atoms with van der Waals surface area (Å²) in [5, 5.41) is 5.39. The molecular formula is C30H43FN4O4. The van der Waals surface area contributed by atoms with Crippen LogP contribution >= 0.6 is 0 Å². The van der Waals surface area contributed by atoms with E-state index in [-0.39, 0.29) is 36.2 Å². The van der Waals surface area contributed by atoms with E-state index in [2.05, 4.69) is 20.4 Å². The predicted octanol–water partition coefficient (Wildman–Crippen LogP) is 4.33. The van der Waals surface area contributed by atoms with Crippen LogP contribution in [0.2, 0.25) is 0 Å². The molecule has 1 saturated carbocycles. The first-order valence-corrected chi connectivity index (χ1v) is 14.6. The molecule has 0 aromatic heterocycles. The molecule has 4 aliphatic rings. The lowest BCUT2D eigenvalue weighted by atomic mass is 9.60. The van der Waals surface area contributed by atoms with Crippen molar-refractivity contribution in [1.82, 2.24) is 15.5 Å². The summed E-state index contributed by atoms with van der Waals surface area (Å²) in [5.74, 6) is -0.740. The number of amides is 3. The van der Waals surface area contributed by atoms with Crippen LogP contribution in [0.4, 0.5) is 14.9 Å². The van der Waals surface area contributed by atoms with E-state index in [4.69, 9.17) is 4.74 Å². The third-order valence-corrected chi connectivity index (χ3v) is 9.08. The minimum absolute atomic E-state index is 0.231. The Hall–Kier alpha value is -2.68. The van der Waals surface area contributed by atoms with Gasteiger partial charge in [0, 0.05) is 32.1 Å². The van der Waals surface area contributed by atoms with Crippen molar-refractivity contribution in [2.45, 2.75) is 89.7 Å². The van der Waals surface area contributed by atoms with Gasteiger partial charge in [-0.3, -0.25) is 14.9 Å². The Morgan fingerprint density at radius 3 is 2.41 bits per heavy atom. The van der Waals surface area contributed by atoms with Gasteiger partial charge in [0.25, 0.3) is 0 Å². The number of hydrogen-bond donors (Lipinski definition) is 2. The van der Waals surface area contributed by atoms with Crippen molar-refractivity contribution < 1.29 is 23.5 Å². The molecule has 0 radical (unpaired) electrons. The lowest BCUT2D eigenvalue weighted by molar-refractivity contribution is -0.134. The van der Waals surface area contributed by atoms with Crippen LogP contribution in [0.5, 0.6) is 0 Å². The van der Waals surface area contributed by atoms with E-state index in [9.17, 15) is 14.4 Å². The molecule has 39 heavy (non-hydrogen) atoms. The number of nitrogens with zero attached hydrogens (tertiary/aromatic N) is 2. The summed E-state index contributed by atoms with van der Waals surface area (Å²) in [6, 6.07) is 5.33. The topological polar surface area (TPSA) is 91.0 Å². The van der Waals surface area contributed by atoms with E-state index in [0.717, 1.165) is 58.4 Å². The first kappa shape index (κ1) is 27.9. The highest BCUT2D eigenvalue weighted by atomic mass is 19.1. The van der Waals surface area contributed by atoms with Gasteiger partial charge in [0.15, 0.2) is 0 Å². The molecule has 8 nitrogen and oxygen atoms in total. The Morgan fingerprint density at radius 2 is 1.79 bits per heavy atom. The van der Waals surface area contributed by atoms with Gasteiger partial charge in [-0.05, 0) is 108 Å². The van der Waals surface area contributed by atoms with Crippen molar-refractivity contribution in [2.24, 2.45) is 11.3 Å². The highest BCUT2D eigenvalue weighted by molar-refractivity contribution is 6.00. The van der Waals surface area contributed by atoms with E-state index in [1.54, 1.807) is 6.07 Å². The Kier molecular flexibility index (Phi) is 7.91. The number of hydrogen-bond acceptors (Lipinski definition) is 6. The SMILES string of the molecule is CC(C)(C)OC(=O)NC1CC2(CCN(CC3CCN(c4ccc(C5CCC(=O)NC5=O)cc4F)CC3)CC2)C1. The highest BCUT2D eigenvalue weighted by Gasteiger charge is 2.46. The van der Waals surface area contributed by atoms with E-state index in [0.29, 0.717) is 29.0 Å². The largest absolute Gasteiger partial charge is 0.444 e. The van der Waals surface area contributed by atoms with E-state index in [1.807, 2.05) is 26.8 Å².